The van der Waals surface area contributed by atoms with Gasteiger partial charge >= 0.3 is 47.6 Å². The monoisotopic (exact) mass is 786 g/mol. The van der Waals surface area contributed by atoms with Crippen molar-refractivity contribution in [3.63, 3.8) is 0 Å². The number of hydrogen-bond donors (Lipinski definition) is 0. The summed E-state index contributed by atoms with van der Waals surface area (Å²) in [4.78, 5) is 12.2. The molecule has 2 fully saturated rings. The average Bonchev–Trinajstić information content (AvgIpc) is 3.07. The summed E-state index contributed by atoms with van der Waals surface area (Å²) in [6.07, 6.45) is 6.71. The molecule has 0 aromatic heterocycles. The minimum Gasteiger partial charge on any atom is -0.287 e. The fourth-order valence-electron chi connectivity index (χ4n) is 7.26. The van der Waals surface area contributed by atoms with Crippen LogP contribution >= 0.6 is 0 Å². The molecule has 0 saturated heterocycles. The molecule has 300 valence electrons. The average molecular weight is 787 g/mol. The zero-order valence-electron chi connectivity index (χ0n) is 27.9. The molecule has 18 heteroatoms. The van der Waals surface area contributed by atoms with Gasteiger partial charge in [-0.3, -0.25) is 4.79 Å². The molecular formula is C34H39F17O. The smallest absolute Gasteiger partial charge is 0.287 e. The van der Waals surface area contributed by atoms with Crippen LogP contribution in [-0.4, -0.2) is 53.4 Å². The maximum atomic E-state index is 14.5. The number of rotatable bonds is 16. The minimum absolute atomic E-state index is 0.274. The molecule has 1 aromatic rings. The van der Waals surface area contributed by atoms with Crippen LogP contribution in [0.15, 0.2) is 24.3 Å². The van der Waals surface area contributed by atoms with Crippen LogP contribution in [0.4, 0.5) is 74.6 Å². The number of unbranched alkanes of at least 4 members (excludes halogenated alkanes) is 2. The summed E-state index contributed by atoms with van der Waals surface area (Å²) in [5.41, 5.74) is -1.20. The number of hydrogen-bond acceptors (Lipinski definition) is 1. The van der Waals surface area contributed by atoms with Gasteiger partial charge < -0.3 is 0 Å². The number of ketones is 1. The molecule has 0 bridgehead atoms. The predicted octanol–water partition coefficient (Wildman–Crippen LogP) is 13.0. The summed E-state index contributed by atoms with van der Waals surface area (Å²) in [7, 11) is 0. The molecule has 0 unspecified atom stereocenters. The summed E-state index contributed by atoms with van der Waals surface area (Å²) in [6, 6.07) is 2.68. The second-order valence-electron chi connectivity index (χ2n) is 14.1. The standard InChI is InChI=1S/C34H39F17O/c1-2-3-4-5-20-8-14-23(15-9-20)24-16-10-21(11-17-24)6-7-22-12-18-25(19-13-22)26(52)27(35,36)28(37,38)29(39,40)30(41,42)31(43,44)32(45,46)33(47,48)34(49,50)51/h12-13,18-21,23-24H,2-11,14-17H2,1H3. The number of alkyl halides is 17. The van der Waals surface area contributed by atoms with Gasteiger partial charge in [-0.15, -0.1) is 0 Å². The van der Waals surface area contributed by atoms with Gasteiger partial charge in [-0.1, -0.05) is 82.6 Å². The first-order valence-electron chi connectivity index (χ1n) is 17.0. The fourth-order valence-corrected chi connectivity index (χ4v) is 7.26. The van der Waals surface area contributed by atoms with Crippen molar-refractivity contribution in [2.24, 2.45) is 23.7 Å². The van der Waals surface area contributed by atoms with Gasteiger partial charge in [0.15, 0.2) is 0 Å². The van der Waals surface area contributed by atoms with Crippen LogP contribution < -0.4 is 0 Å². The maximum absolute atomic E-state index is 14.5. The molecule has 2 aliphatic rings. The Morgan fingerprint density at radius 3 is 1.31 bits per heavy atom. The Kier molecular flexibility index (Phi) is 13.1. The van der Waals surface area contributed by atoms with Crippen molar-refractivity contribution in [1.82, 2.24) is 0 Å². The lowest BCUT2D eigenvalue weighted by atomic mass is 9.68. The van der Waals surface area contributed by atoms with Crippen LogP contribution in [0.5, 0.6) is 0 Å². The van der Waals surface area contributed by atoms with E-state index in [1.165, 1.54) is 51.4 Å². The molecule has 3 rings (SSSR count). The van der Waals surface area contributed by atoms with Gasteiger partial charge in [0.2, 0.25) is 5.78 Å². The first kappa shape index (κ1) is 44.1. The number of carbonyl (C=O) groups is 1. The molecule has 52 heavy (non-hydrogen) atoms. The molecule has 0 amide bonds. The van der Waals surface area contributed by atoms with Crippen molar-refractivity contribution in [2.45, 2.75) is 144 Å². The van der Waals surface area contributed by atoms with Crippen molar-refractivity contribution in [3.05, 3.63) is 35.4 Å². The quantitative estimate of drug-likeness (QED) is 0.0927. The lowest BCUT2D eigenvalue weighted by molar-refractivity contribution is -0.459. The second-order valence-corrected chi connectivity index (χ2v) is 14.1. The van der Waals surface area contributed by atoms with Crippen molar-refractivity contribution >= 4 is 5.78 Å². The Bertz CT molecular complexity index is 1320. The van der Waals surface area contributed by atoms with E-state index in [4.69, 9.17) is 0 Å². The summed E-state index contributed by atoms with van der Waals surface area (Å²) >= 11 is 0. The Hall–Kier alpha value is -2.30. The lowest BCUT2D eigenvalue weighted by Crippen LogP contribution is -2.75. The highest BCUT2D eigenvalue weighted by atomic mass is 19.4. The van der Waals surface area contributed by atoms with Gasteiger partial charge in [-0.05, 0) is 67.8 Å². The Labute approximate surface area is 289 Å². The topological polar surface area (TPSA) is 17.1 Å². The zero-order chi connectivity index (χ0) is 39.8. The summed E-state index contributed by atoms with van der Waals surface area (Å²) in [5, 5.41) is 0. The molecule has 2 aliphatic carbocycles. The molecule has 0 atom stereocenters. The predicted molar refractivity (Wildman–Crippen MR) is 155 cm³/mol. The fraction of sp³-hybridized carbons (Fsp3) is 0.794. The van der Waals surface area contributed by atoms with Crippen LogP contribution in [0, 0.1) is 23.7 Å². The second kappa shape index (κ2) is 15.4. The van der Waals surface area contributed by atoms with Crippen LogP contribution in [0.3, 0.4) is 0 Å². The number of Topliss-reactive ketones (excluding diaryl/α,β-unsaturated/α-hetero) is 1. The normalized spacial score (nSPS) is 23.5. The van der Waals surface area contributed by atoms with Gasteiger partial charge in [0, 0.05) is 5.56 Å². The first-order chi connectivity index (χ1) is 23.6. The van der Waals surface area contributed by atoms with Gasteiger partial charge in [0.05, 0.1) is 0 Å². The molecule has 0 spiro atoms. The van der Waals surface area contributed by atoms with E-state index in [1.807, 2.05) is 0 Å². The maximum Gasteiger partial charge on any atom is 0.460 e. The third-order valence-electron chi connectivity index (χ3n) is 10.7. The van der Waals surface area contributed by atoms with Crippen LogP contribution in [-0.2, 0) is 6.42 Å². The minimum atomic E-state index is -8.74. The Morgan fingerprint density at radius 1 is 0.519 bits per heavy atom. The van der Waals surface area contributed by atoms with E-state index < -0.39 is 59.0 Å². The lowest BCUT2D eigenvalue weighted by Gasteiger charge is -2.42. The summed E-state index contributed by atoms with van der Waals surface area (Å²) < 4.78 is 231. The Morgan fingerprint density at radius 2 is 0.904 bits per heavy atom. The van der Waals surface area contributed by atoms with E-state index >= 15 is 0 Å². The van der Waals surface area contributed by atoms with E-state index in [0.29, 0.717) is 36.0 Å². The zero-order valence-corrected chi connectivity index (χ0v) is 27.9. The number of halogens is 17. The largest absolute Gasteiger partial charge is 0.460 e. The van der Waals surface area contributed by atoms with Crippen LogP contribution in [0.1, 0.15) is 106 Å². The van der Waals surface area contributed by atoms with Crippen molar-refractivity contribution in [1.29, 1.82) is 0 Å². The highest BCUT2D eigenvalue weighted by Gasteiger charge is 2.95. The van der Waals surface area contributed by atoms with E-state index in [1.54, 1.807) is 0 Å². The highest BCUT2D eigenvalue weighted by molar-refractivity contribution is 6.02. The third kappa shape index (κ3) is 7.91. The Balaban J connectivity index is 1.64. The van der Waals surface area contributed by atoms with E-state index in [2.05, 4.69) is 6.92 Å². The van der Waals surface area contributed by atoms with Crippen LogP contribution in [0.25, 0.3) is 0 Å². The molecule has 0 N–H and O–H groups in total. The SMILES string of the molecule is CCCCCC1CCC(C2CCC(CCc3ccc(C(=O)C(F)(F)C(F)(F)C(F)(F)C(F)(F)C(F)(F)C(F)(F)C(F)(F)C(F)(F)F)cc3)CC2)CC1. The van der Waals surface area contributed by atoms with Gasteiger partial charge in [-0.2, -0.15) is 74.6 Å². The van der Waals surface area contributed by atoms with Crippen molar-refractivity contribution < 1.29 is 79.4 Å². The van der Waals surface area contributed by atoms with E-state index in [-0.39, 0.29) is 12.3 Å². The molecular weight excluding hydrogens is 747 g/mol. The molecule has 2 saturated carbocycles. The third-order valence-corrected chi connectivity index (χ3v) is 10.7. The molecule has 1 nitrogen and oxygen atoms in total. The van der Waals surface area contributed by atoms with Crippen molar-refractivity contribution in [3.8, 4) is 0 Å². The van der Waals surface area contributed by atoms with Crippen molar-refractivity contribution in [2.75, 3.05) is 0 Å². The van der Waals surface area contributed by atoms with Gasteiger partial charge in [-0.25, -0.2) is 0 Å². The van der Waals surface area contributed by atoms with E-state index in [9.17, 15) is 79.4 Å². The van der Waals surface area contributed by atoms with Crippen LogP contribution in [0.2, 0.25) is 0 Å². The summed E-state index contributed by atoms with van der Waals surface area (Å²) in [6.45, 7) is 2.17. The molecule has 0 aliphatic heterocycles. The van der Waals surface area contributed by atoms with E-state index in [0.717, 1.165) is 43.7 Å². The number of benzene rings is 1. The van der Waals surface area contributed by atoms with Gasteiger partial charge in [0.25, 0.3) is 0 Å². The number of aryl methyl sites for hydroxylation is 1. The molecule has 0 radical (unpaired) electrons. The highest BCUT2D eigenvalue weighted by Crippen LogP contribution is 2.64. The molecule has 0 heterocycles. The molecule has 1 aromatic carbocycles. The van der Waals surface area contributed by atoms with Gasteiger partial charge in [0.1, 0.15) is 0 Å². The number of carbonyl (C=O) groups excluding carboxylic acids is 1. The summed E-state index contributed by atoms with van der Waals surface area (Å²) in [5.74, 6) is -59.0. The first-order valence-corrected chi connectivity index (χ1v) is 17.0.